The standard InChI is InChI=1S/C16H17FO/c1-11(2)15-9-6-13(10-16(15)17)12-4-7-14(18-3)8-5-12/h4-11H,1-3H3. The number of rotatable bonds is 3. The Morgan fingerprint density at radius 1 is 0.944 bits per heavy atom. The summed E-state index contributed by atoms with van der Waals surface area (Å²) in [5.41, 5.74) is 2.64. The molecule has 2 rings (SSSR count). The summed E-state index contributed by atoms with van der Waals surface area (Å²) < 4.78 is 19.0. The van der Waals surface area contributed by atoms with Gasteiger partial charge < -0.3 is 4.74 Å². The Morgan fingerprint density at radius 3 is 2.06 bits per heavy atom. The highest BCUT2D eigenvalue weighted by molar-refractivity contribution is 5.64. The number of hydrogen-bond donors (Lipinski definition) is 0. The molecule has 0 N–H and O–H groups in total. The van der Waals surface area contributed by atoms with Crippen molar-refractivity contribution in [1.82, 2.24) is 0 Å². The molecule has 0 amide bonds. The second-order valence-electron chi connectivity index (χ2n) is 4.62. The van der Waals surface area contributed by atoms with Gasteiger partial charge in [0, 0.05) is 0 Å². The molecule has 0 aliphatic heterocycles. The van der Waals surface area contributed by atoms with Gasteiger partial charge in [0.15, 0.2) is 0 Å². The van der Waals surface area contributed by atoms with Gasteiger partial charge in [0.2, 0.25) is 0 Å². The van der Waals surface area contributed by atoms with E-state index in [2.05, 4.69) is 0 Å². The van der Waals surface area contributed by atoms with Crippen LogP contribution >= 0.6 is 0 Å². The Labute approximate surface area is 107 Å². The lowest BCUT2D eigenvalue weighted by atomic mass is 9.98. The van der Waals surface area contributed by atoms with Crippen molar-refractivity contribution < 1.29 is 9.13 Å². The minimum atomic E-state index is -0.140. The second-order valence-corrected chi connectivity index (χ2v) is 4.62. The molecule has 0 heterocycles. The Hall–Kier alpha value is -1.83. The van der Waals surface area contributed by atoms with Crippen LogP contribution in [-0.4, -0.2) is 7.11 Å². The van der Waals surface area contributed by atoms with E-state index in [0.29, 0.717) is 0 Å². The smallest absolute Gasteiger partial charge is 0.127 e. The van der Waals surface area contributed by atoms with Gasteiger partial charge in [-0.25, -0.2) is 4.39 Å². The average Bonchev–Trinajstić information content (AvgIpc) is 2.38. The summed E-state index contributed by atoms with van der Waals surface area (Å²) in [6.07, 6.45) is 0. The van der Waals surface area contributed by atoms with Gasteiger partial charge in [-0.05, 0) is 40.8 Å². The van der Waals surface area contributed by atoms with Crippen molar-refractivity contribution in [2.45, 2.75) is 19.8 Å². The van der Waals surface area contributed by atoms with Crippen LogP contribution in [0.3, 0.4) is 0 Å². The third-order valence-corrected chi connectivity index (χ3v) is 3.05. The van der Waals surface area contributed by atoms with Crippen molar-refractivity contribution >= 4 is 0 Å². The molecule has 0 unspecified atom stereocenters. The summed E-state index contributed by atoms with van der Waals surface area (Å²) in [5.74, 6) is 0.867. The quantitative estimate of drug-likeness (QED) is 0.765. The molecule has 2 aromatic carbocycles. The van der Waals surface area contributed by atoms with E-state index < -0.39 is 0 Å². The first kappa shape index (κ1) is 12.6. The highest BCUT2D eigenvalue weighted by atomic mass is 19.1. The average molecular weight is 244 g/mol. The van der Waals surface area contributed by atoms with Crippen LogP contribution in [-0.2, 0) is 0 Å². The topological polar surface area (TPSA) is 9.23 Å². The number of halogens is 1. The van der Waals surface area contributed by atoms with Crippen LogP contribution in [0, 0.1) is 5.82 Å². The van der Waals surface area contributed by atoms with Gasteiger partial charge >= 0.3 is 0 Å². The molecule has 2 heteroatoms. The lowest BCUT2D eigenvalue weighted by Gasteiger charge is -2.09. The first-order valence-corrected chi connectivity index (χ1v) is 6.05. The predicted octanol–water partition coefficient (Wildman–Crippen LogP) is 4.62. The molecule has 2 aromatic rings. The third-order valence-electron chi connectivity index (χ3n) is 3.05. The van der Waals surface area contributed by atoms with E-state index in [0.717, 1.165) is 22.4 Å². The Bertz CT molecular complexity index is 529. The van der Waals surface area contributed by atoms with Gasteiger partial charge in [-0.3, -0.25) is 0 Å². The Balaban J connectivity index is 2.36. The van der Waals surface area contributed by atoms with Crippen LogP contribution in [0.25, 0.3) is 11.1 Å². The van der Waals surface area contributed by atoms with Crippen LogP contribution in [0.4, 0.5) is 4.39 Å². The summed E-state index contributed by atoms with van der Waals surface area (Å²) in [7, 11) is 1.63. The van der Waals surface area contributed by atoms with Crippen LogP contribution < -0.4 is 4.74 Å². The molecule has 0 aliphatic rings. The zero-order valence-corrected chi connectivity index (χ0v) is 10.9. The highest BCUT2D eigenvalue weighted by Gasteiger charge is 2.08. The molecule has 94 valence electrons. The van der Waals surface area contributed by atoms with Crippen LogP contribution in [0.1, 0.15) is 25.3 Å². The summed E-state index contributed by atoms with van der Waals surface area (Å²) in [5, 5.41) is 0. The van der Waals surface area contributed by atoms with E-state index in [1.165, 1.54) is 0 Å². The van der Waals surface area contributed by atoms with Gasteiger partial charge in [0.25, 0.3) is 0 Å². The van der Waals surface area contributed by atoms with Crippen LogP contribution in [0.15, 0.2) is 42.5 Å². The Morgan fingerprint density at radius 2 is 1.56 bits per heavy atom. The third kappa shape index (κ3) is 2.53. The summed E-state index contributed by atoms with van der Waals surface area (Å²) in [4.78, 5) is 0. The predicted molar refractivity (Wildman–Crippen MR) is 72.5 cm³/mol. The summed E-state index contributed by atoms with van der Waals surface area (Å²) in [6.45, 7) is 3.98. The molecular weight excluding hydrogens is 227 g/mol. The van der Waals surface area contributed by atoms with Gasteiger partial charge in [-0.2, -0.15) is 0 Å². The molecule has 1 nitrogen and oxygen atoms in total. The molecule has 0 atom stereocenters. The maximum absolute atomic E-state index is 13.9. The van der Waals surface area contributed by atoms with Crippen molar-refractivity contribution in [3.63, 3.8) is 0 Å². The van der Waals surface area contributed by atoms with Crippen molar-refractivity contribution in [2.24, 2.45) is 0 Å². The number of benzene rings is 2. The molecule has 0 spiro atoms. The molecule has 0 fully saturated rings. The maximum atomic E-state index is 13.9. The van der Waals surface area contributed by atoms with E-state index in [1.54, 1.807) is 13.2 Å². The summed E-state index contributed by atoms with van der Waals surface area (Å²) >= 11 is 0. The normalized spacial score (nSPS) is 10.7. The lowest BCUT2D eigenvalue weighted by molar-refractivity contribution is 0.415. The lowest BCUT2D eigenvalue weighted by Crippen LogP contribution is -1.93. The van der Waals surface area contributed by atoms with E-state index in [4.69, 9.17) is 4.74 Å². The van der Waals surface area contributed by atoms with Crippen molar-refractivity contribution in [1.29, 1.82) is 0 Å². The SMILES string of the molecule is COc1ccc(-c2ccc(C(C)C)c(F)c2)cc1. The molecule has 0 aromatic heterocycles. The summed E-state index contributed by atoms with van der Waals surface area (Å²) in [6, 6.07) is 13.0. The molecule has 0 bridgehead atoms. The van der Waals surface area contributed by atoms with Crippen molar-refractivity contribution in [3.05, 3.63) is 53.8 Å². The first-order valence-electron chi connectivity index (χ1n) is 6.05. The molecule has 0 saturated carbocycles. The maximum Gasteiger partial charge on any atom is 0.127 e. The Kier molecular flexibility index (Phi) is 3.66. The van der Waals surface area contributed by atoms with Gasteiger partial charge in [-0.15, -0.1) is 0 Å². The van der Waals surface area contributed by atoms with Crippen molar-refractivity contribution in [2.75, 3.05) is 7.11 Å². The highest BCUT2D eigenvalue weighted by Crippen LogP contribution is 2.26. The molecule has 18 heavy (non-hydrogen) atoms. The molecule has 0 radical (unpaired) electrons. The minimum absolute atomic E-state index is 0.140. The zero-order chi connectivity index (χ0) is 13.1. The van der Waals surface area contributed by atoms with E-state index in [-0.39, 0.29) is 11.7 Å². The second kappa shape index (κ2) is 5.21. The molecule has 0 saturated heterocycles. The minimum Gasteiger partial charge on any atom is -0.497 e. The first-order chi connectivity index (χ1) is 8.61. The van der Waals surface area contributed by atoms with Crippen LogP contribution in [0.2, 0.25) is 0 Å². The number of methoxy groups -OCH3 is 1. The fraction of sp³-hybridized carbons (Fsp3) is 0.250. The van der Waals surface area contributed by atoms with Crippen molar-refractivity contribution in [3.8, 4) is 16.9 Å². The molecular formula is C16H17FO. The largest absolute Gasteiger partial charge is 0.497 e. The van der Waals surface area contributed by atoms with Gasteiger partial charge in [0.1, 0.15) is 11.6 Å². The van der Waals surface area contributed by atoms with Gasteiger partial charge in [-0.1, -0.05) is 38.1 Å². The number of ether oxygens (including phenoxy) is 1. The monoisotopic (exact) mass is 244 g/mol. The van der Waals surface area contributed by atoms with E-state index >= 15 is 0 Å². The molecule has 0 aliphatic carbocycles. The van der Waals surface area contributed by atoms with E-state index in [9.17, 15) is 4.39 Å². The van der Waals surface area contributed by atoms with E-state index in [1.807, 2.05) is 50.2 Å². The van der Waals surface area contributed by atoms with Gasteiger partial charge in [0.05, 0.1) is 7.11 Å². The zero-order valence-electron chi connectivity index (χ0n) is 10.9. The van der Waals surface area contributed by atoms with Crippen LogP contribution in [0.5, 0.6) is 5.75 Å². The fourth-order valence-corrected chi connectivity index (χ4v) is 1.96. The fourth-order valence-electron chi connectivity index (χ4n) is 1.96. The number of hydrogen-bond acceptors (Lipinski definition) is 1.